The zero-order valence-corrected chi connectivity index (χ0v) is 15.3. The van der Waals surface area contributed by atoms with Gasteiger partial charge in [-0.05, 0) is 51.3 Å². The fourth-order valence-electron chi connectivity index (χ4n) is 2.84. The first-order valence-electron chi connectivity index (χ1n) is 8.12. The Morgan fingerprint density at radius 3 is 2.58 bits per heavy atom. The fourth-order valence-corrected chi connectivity index (χ4v) is 2.84. The number of pyridine rings is 1. The van der Waals surface area contributed by atoms with E-state index in [4.69, 9.17) is 4.74 Å². The summed E-state index contributed by atoms with van der Waals surface area (Å²) in [6.07, 6.45) is 0.669. The van der Waals surface area contributed by atoms with Gasteiger partial charge in [0.05, 0.1) is 12.8 Å². The Kier molecular flexibility index (Phi) is 5.59. The highest BCUT2D eigenvalue weighted by Crippen LogP contribution is 2.21. The van der Waals surface area contributed by atoms with Gasteiger partial charge in [-0.1, -0.05) is 6.92 Å². The molecule has 0 saturated carbocycles. The molecule has 0 aromatic carbocycles. The Balaban J connectivity index is 2.03. The minimum atomic E-state index is -0.135. The monoisotopic (exact) mass is 330 g/mol. The van der Waals surface area contributed by atoms with Gasteiger partial charge >= 0.3 is 0 Å². The number of aromatic amines is 1. The Hall–Kier alpha value is -2.37. The average Bonchev–Trinajstić information content (AvgIpc) is 2.84. The van der Waals surface area contributed by atoms with E-state index in [1.807, 2.05) is 40.7 Å². The summed E-state index contributed by atoms with van der Waals surface area (Å²) >= 11 is 0. The molecule has 0 radical (unpaired) electrons. The van der Waals surface area contributed by atoms with Gasteiger partial charge < -0.3 is 10.1 Å². The van der Waals surface area contributed by atoms with Gasteiger partial charge in [0.25, 0.3) is 0 Å². The van der Waals surface area contributed by atoms with Crippen LogP contribution in [0.15, 0.2) is 6.07 Å². The van der Waals surface area contributed by atoms with Crippen LogP contribution >= 0.6 is 0 Å². The number of carbonyl (C=O) groups excluding carboxylic acids is 1. The van der Waals surface area contributed by atoms with Crippen molar-refractivity contribution in [2.75, 3.05) is 7.11 Å². The van der Waals surface area contributed by atoms with Crippen LogP contribution in [-0.2, 0) is 17.8 Å². The van der Waals surface area contributed by atoms with Crippen molar-refractivity contribution >= 4 is 5.91 Å². The molecule has 2 heterocycles. The SMILES string of the molecule is COc1nc(C)cc(C)c1CNC(=O)[C@H](C)Cc1c(C)n[nH]c1C. The van der Waals surface area contributed by atoms with Crippen LogP contribution in [0.4, 0.5) is 0 Å². The van der Waals surface area contributed by atoms with E-state index in [-0.39, 0.29) is 11.8 Å². The van der Waals surface area contributed by atoms with Gasteiger partial charge in [0.1, 0.15) is 0 Å². The van der Waals surface area contributed by atoms with E-state index < -0.39 is 0 Å². The van der Waals surface area contributed by atoms with Crippen molar-refractivity contribution < 1.29 is 9.53 Å². The molecule has 2 N–H and O–H groups in total. The van der Waals surface area contributed by atoms with E-state index in [1.54, 1.807) is 7.11 Å². The molecular weight excluding hydrogens is 304 g/mol. The topological polar surface area (TPSA) is 79.9 Å². The number of aryl methyl sites for hydroxylation is 4. The third-order valence-corrected chi connectivity index (χ3v) is 4.31. The number of H-pyrrole nitrogens is 1. The number of ether oxygens (including phenoxy) is 1. The van der Waals surface area contributed by atoms with Crippen LogP contribution in [0, 0.1) is 33.6 Å². The van der Waals surface area contributed by atoms with Crippen LogP contribution in [0.25, 0.3) is 0 Å². The van der Waals surface area contributed by atoms with Gasteiger partial charge in [0, 0.05) is 29.4 Å². The van der Waals surface area contributed by atoms with Gasteiger partial charge in [0.2, 0.25) is 11.8 Å². The summed E-state index contributed by atoms with van der Waals surface area (Å²) < 4.78 is 5.34. The molecule has 0 aliphatic heterocycles. The molecule has 1 atom stereocenters. The number of carbonyl (C=O) groups is 1. The molecular formula is C18H26N4O2. The van der Waals surface area contributed by atoms with Gasteiger partial charge in [-0.3, -0.25) is 9.89 Å². The second-order valence-corrected chi connectivity index (χ2v) is 6.30. The third-order valence-electron chi connectivity index (χ3n) is 4.31. The number of nitrogens with zero attached hydrogens (tertiary/aromatic N) is 2. The maximum atomic E-state index is 12.4. The normalized spacial score (nSPS) is 12.1. The molecule has 2 aromatic heterocycles. The molecule has 0 spiro atoms. The van der Waals surface area contributed by atoms with E-state index in [2.05, 4.69) is 20.5 Å². The van der Waals surface area contributed by atoms with Crippen LogP contribution in [-0.4, -0.2) is 28.2 Å². The molecule has 0 saturated heterocycles. The largest absolute Gasteiger partial charge is 0.481 e. The molecule has 6 nitrogen and oxygen atoms in total. The second-order valence-electron chi connectivity index (χ2n) is 6.30. The molecule has 24 heavy (non-hydrogen) atoms. The van der Waals surface area contributed by atoms with Gasteiger partial charge in [0.15, 0.2) is 0 Å². The molecule has 0 bridgehead atoms. The molecule has 130 valence electrons. The average molecular weight is 330 g/mol. The lowest BCUT2D eigenvalue weighted by atomic mass is 9.99. The van der Waals surface area contributed by atoms with E-state index >= 15 is 0 Å². The van der Waals surface area contributed by atoms with E-state index in [9.17, 15) is 4.79 Å². The number of methoxy groups -OCH3 is 1. The van der Waals surface area contributed by atoms with E-state index in [0.29, 0.717) is 18.8 Å². The predicted octanol–water partition coefficient (Wildman–Crippen LogP) is 2.54. The highest BCUT2D eigenvalue weighted by atomic mass is 16.5. The van der Waals surface area contributed by atoms with Crippen LogP contribution < -0.4 is 10.1 Å². The lowest BCUT2D eigenvalue weighted by molar-refractivity contribution is -0.124. The second kappa shape index (κ2) is 7.47. The van der Waals surface area contributed by atoms with Gasteiger partial charge in [-0.25, -0.2) is 4.98 Å². The minimum absolute atomic E-state index is 0.0111. The van der Waals surface area contributed by atoms with Crippen molar-refractivity contribution in [3.63, 3.8) is 0 Å². The first-order chi connectivity index (χ1) is 11.3. The zero-order valence-electron chi connectivity index (χ0n) is 15.3. The standard InChI is InChI=1S/C18H26N4O2/c1-10-7-12(3)20-18(24-6)16(10)9-19-17(23)11(2)8-15-13(4)21-22-14(15)5/h7,11H,8-9H2,1-6H3,(H,19,23)(H,21,22)/t11-/m1/s1. The highest BCUT2D eigenvalue weighted by Gasteiger charge is 2.18. The molecule has 2 aromatic rings. The quantitative estimate of drug-likeness (QED) is 0.853. The number of amides is 1. The molecule has 6 heteroatoms. The molecule has 1 amide bonds. The summed E-state index contributed by atoms with van der Waals surface area (Å²) in [4.78, 5) is 16.8. The summed E-state index contributed by atoms with van der Waals surface area (Å²) in [6, 6.07) is 1.99. The third kappa shape index (κ3) is 3.93. The molecule has 0 aliphatic rings. The Bertz CT molecular complexity index is 717. The van der Waals surface area contributed by atoms with Crippen LogP contribution in [0.3, 0.4) is 0 Å². The fraction of sp³-hybridized carbons (Fsp3) is 0.500. The van der Waals surface area contributed by atoms with Crippen LogP contribution in [0.2, 0.25) is 0 Å². The summed E-state index contributed by atoms with van der Waals surface area (Å²) in [5.74, 6) is 0.448. The summed E-state index contributed by atoms with van der Waals surface area (Å²) in [5, 5.41) is 10.1. The maximum Gasteiger partial charge on any atom is 0.223 e. The highest BCUT2D eigenvalue weighted by molar-refractivity contribution is 5.78. The lowest BCUT2D eigenvalue weighted by Crippen LogP contribution is -2.30. The maximum absolute atomic E-state index is 12.4. The summed E-state index contributed by atoms with van der Waals surface area (Å²) in [6.45, 7) is 10.2. The Labute approximate surface area is 143 Å². The molecule has 0 aliphatic carbocycles. The predicted molar refractivity (Wildman–Crippen MR) is 93.0 cm³/mol. The number of hydrogen-bond acceptors (Lipinski definition) is 4. The van der Waals surface area contributed by atoms with Gasteiger partial charge in [-0.2, -0.15) is 5.10 Å². The number of aromatic nitrogens is 3. The van der Waals surface area contributed by atoms with Crippen LogP contribution in [0.1, 0.15) is 40.7 Å². The summed E-state index contributed by atoms with van der Waals surface area (Å²) in [7, 11) is 1.60. The molecule has 0 fully saturated rings. The van der Waals surface area contributed by atoms with Crippen molar-refractivity contribution in [3.8, 4) is 5.88 Å². The number of nitrogens with one attached hydrogen (secondary N) is 2. The lowest BCUT2D eigenvalue weighted by Gasteiger charge is -2.15. The molecule has 0 unspecified atom stereocenters. The molecule has 2 rings (SSSR count). The Morgan fingerprint density at radius 2 is 2.00 bits per heavy atom. The summed E-state index contributed by atoms with van der Waals surface area (Å²) in [5.41, 5.74) is 5.97. The van der Waals surface area contributed by atoms with Crippen molar-refractivity contribution in [2.24, 2.45) is 5.92 Å². The van der Waals surface area contributed by atoms with Crippen molar-refractivity contribution in [1.29, 1.82) is 0 Å². The number of hydrogen-bond donors (Lipinski definition) is 2. The number of rotatable bonds is 6. The van der Waals surface area contributed by atoms with Crippen LogP contribution in [0.5, 0.6) is 5.88 Å². The Morgan fingerprint density at radius 1 is 1.29 bits per heavy atom. The zero-order chi connectivity index (χ0) is 17.9. The van der Waals surface area contributed by atoms with Crippen molar-refractivity contribution in [3.05, 3.63) is 39.8 Å². The van der Waals surface area contributed by atoms with Gasteiger partial charge in [-0.15, -0.1) is 0 Å². The van der Waals surface area contributed by atoms with E-state index in [1.165, 1.54) is 0 Å². The minimum Gasteiger partial charge on any atom is -0.481 e. The van der Waals surface area contributed by atoms with Crippen molar-refractivity contribution in [2.45, 2.75) is 47.6 Å². The van der Waals surface area contributed by atoms with Crippen molar-refractivity contribution in [1.82, 2.24) is 20.5 Å². The smallest absolute Gasteiger partial charge is 0.223 e. The first-order valence-corrected chi connectivity index (χ1v) is 8.12. The van der Waals surface area contributed by atoms with E-state index in [0.717, 1.165) is 33.8 Å². The first kappa shape index (κ1) is 18.0.